The zero-order valence-electron chi connectivity index (χ0n) is 13.7. The standard InChI is InChI=1S/C20H20Br2O2/c1-3-13-5-9-15(10-6-13)17(18(21)19(22)20(23)24)16-11-7-14(4-2)8-12-16/h5-12,17H,3-4H2,1-2H3,(H,23,24)/b19-18+. The van der Waals surface area contributed by atoms with Gasteiger partial charge in [-0.25, -0.2) is 4.79 Å². The molecule has 2 rings (SSSR count). The van der Waals surface area contributed by atoms with Gasteiger partial charge < -0.3 is 5.11 Å². The summed E-state index contributed by atoms with van der Waals surface area (Å²) in [5, 5.41) is 9.32. The number of rotatable bonds is 6. The zero-order valence-corrected chi connectivity index (χ0v) is 16.9. The third kappa shape index (κ3) is 4.37. The van der Waals surface area contributed by atoms with Crippen molar-refractivity contribution in [3.63, 3.8) is 0 Å². The molecule has 0 heterocycles. The Kier molecular flexibility index (Phi) is 6.81. The lowest BCUT2D eigenvalue weighted by atomic mass is 9.89. The van der Waals surface area contributed by atoms with E-state index in [1.165, 1.54) is 11.1 Å². The summed E-state index contributed by atoms with van der Waals surface area (Å²) in [5.41, 5.74) is 4.63. The highest BCUT2D eigenvalue weighted by Gasteiger charge is 2.22. The molecule has 0 aliphatic heterocycles. The van der Waals surface area contributed by atoms with E-state index in [2.05, 4.69) is 94.2 Å². The molecule has 2 aromatic rings. The molecule has 0 aromatic heterocycles. The first-order valence-corrected chi connectivity index (χ1v) is 9.52. The summed E-state index contributed by atoms with van der Waals surface area (Å²) >= 11 is 6.70. The normalized spacial score (nSPS) is 12.2. The molecule has 126 valence electrons. The van der Waals surface area contributed by atoms with Gasteiger partial charge in [0.1, 0.15) is 4.48 Å². The van der Waals surface area contributed by atoms with Crippen molar-refractivity contribution < 1.29 is 9.90 Å². The van der Waals surface area contributed by atoms with E-state index in [4.69, 9.17) is 0 Å². The van der Waals surface area contributed by atoms with Gasteiger partial charge in [-0.2, -0.15) is 0 Å². The quantitative estimate of drug-likeness (QED) is 0.544. The first kappa shape index (κ1) is 18.9. The molecule has 0 radical (unpaired) electrons. The molecule has 0 bridgehead atoms. The van der Waals surface area contributed by atoms with E-state index >= 15 is 0 Å². The molecular weight excluding hydrogens is 432 g/mol. The minimum Gasteiger partial charge on any atom is -0.477 e. The van der Waals surface area contributed by atoms with Crippen molar-refractivity contribution in [1.82, 2.24) is 0 Å². The monoisotopic (exact) mass is 450 g/mol. The van der Waals surface area contributed by atoms with Crippen molar-refractivity contribution in [2.24, 2.45) is 0 Å². The van der Waals surface area contributed by atoms with Crippen LogP contribution in [-0.2, 0) is 17.6 Å². The average Bonchev–Trinajstić information content (AvgIpc) is 2.62. The Bertz CT molecular complexity index is 684. The average molecular weight is 452 g/mol. The highest BCUT2D eigenvalue weighted by molar-refractivity contribution is 9.14. The first-order valence-electron chi connectivity index (χ1n) is 7.94. The number of allylic oxidation sites excluding steroid dienone is 1. The summed E-state index contributed by atoms with van der Waals surface area (Å²) in [6, 6.07) is 16.7. The maximum atomic E-state index is 11.4. The van der Waals surface area contributed by atoms with Crippen LogP contribution in [0.2, 0.25) is 0 Å². The van der Waals surface area contributed by atoms with E-state index in [1.54, 1.807) is 0 Å². The van der Waals surface area contributed by atoms with Gasteiger partial charge in [0.05, 0.1) is 0 Å². The van der Waals surface area contributed by atoms with Crippen LogP contribution in [0.25, 0.3) is 0 Å². The maximum absolute atomic E-state index is 11.4. The SMILES string of the molecule is CCc1ccc(C(/C(Br)=C(\Br)C(=O)O)c2ccc(CC)cc2)cc1. The van der Waals surface area contributed by atoms with Crippen LogP contribution in [0.1, 0.15) is 42.0 Å². The maximum Gasteiger partial charge on any atom is 0.343 e. The second-order valence-corrected chi connectivity index (χ2v) is 7.24. The van der Waals surface area contributed by atoms with Gasteiger partial charge in [0.2, 0.25) is 0 Å². The summed E-state index contributed by atoms with van der Waals surface area (Å²) in [5.74, 6) is -1.14. The molecule has 0 aliphatic carbocycles. The van der Waals surface area contributed by atoms with Gasteiger partial charge >= 0.3 is 5.97 Å². The van der Waals surface area contributed by atoms with Gasteiger partial charge in [0.15, 0.2) is 0 Å². The van der Waals surface area contributed by atoms with Crippen molar-refractivity contribution in [2.45, 2.75) is 32.6 Å². The lowest BCUT2D eigenvalue weighted by molar-refractivity contribution is -0.131. The molecule has 0 saturated heterocycles. The number of carboxylic acid groups (broad SMARTS) is 1. The molecule has 0 unspecified atom stereocenters. The minimum absolute atomic E-state index is 0.145. The molecule has 0 amide bonds. The van der Waals surface area contributed by atoms with E-state index in [1.807, 2.05) is 0 Å². The van der Waals surface area contributed by atoms with Gasteiger partial charge in [-0.05, 0) is 51.0 Å². The minimum atomic E-state index is -0.984. The Labute approximate surface area is 159 Å². The summed E-state index contributed by atoms with van der Waals surface area (Å²) in [6.45, 7) is 4.24. The second kappa shape index (κ2) is 8.63. The van der Waals surface area contributed by atoms with Crippen LogP contribution < -0.4 is 0 Å². The van der Waals surface area contributed by atoms with E-state index in [0.29, 0.717) is 4.48 Å². The predicted molar refractivity (Wildman–Crippen MR) is 106 cm³/mol. The van der Waals surface area contributed by atoms with E-state index in [-0.39, 0.29) is 10.4 Å². The van der Waals surface area contributed by atoms with Crippen molar-refractivity contribution in [2.75, 3.05) is 0 Å². The molecule has 0 fully saturated rings. The fourth-order valence-corrected chi connectivity index (χ4v) is 3.53. The topological polar surface area (TPSA) is 37.3 Å². The van der Waals surface area contributed by atoms with Crippen molar-refractivity contribution >= 4 is 37.8 Å². The van der Waals surface area contributed by atoms with Crippen LogP contribution in [0, 0.1) is 0 Å². The highest BCUT2D eigenvalue weighted by Crippen LogP contribution is 2.39. The predicted octanol–water partition coefficient (Wildman–Crippen LogP) is 6.03. The first-order chi connectivity index (χ1) is 11.5. The number of benzene rings is 2. The third-order valence-corrected chi connectivity index (χ3v) is 6.25. The molecule has 0 aliphatic rings. The van der Waals surface area contributed by atoms with Crippen LogP contribution in [0.15, 0.2) is 57.5 Å². The molecule has 0 atom stereocenters. The Morgan fingerprint density at radius 3 is 1.54 bits per heavy atom. The second-order valence-electron chi connectivity index (χ2n) is 5.59. The van der Waals surface area contributed by atoms with Crippen molar-refractivity contribution in [3.05, 3.63) is 79.7 Å². The molecular formula is C20H20Br2O2. The number of hydrogen-bond acceptors (Lipinski definition) is 1. The molecule has 2 nitrogen and oxygen atoms in total. The Balaban J connectivity index is 2.55. The lowest BCUT2D eigenvalue weighted by Crippen LogP contribution is -2.06. The van der Waals surface area contributed by atoms with E-state index in [9.17, 15) is 9.90 Å². The number of halogens is 2. The van der Waals surface area contributed by atoms with Crippen LogP contribution in [0.4, 0.5) is 0 Å². The number of carboxylic acids is 1. The fourth-order valence-electron chi connectivity index (χ4n) is 2.61. The zero-order chi connectivity index (χ0) is 17.7. The van der Waals surface area contributed by atoms with Gasteiger partial charge in [-0.15, -0.1) is 0 Å². The molecule has 0 saturated carbocycles. The van der Waals surface area contributed by atoms with Crippen LogP contribution in [-0.4, -0.2) is 11.1 Å². The largest absolute Gasteiger partial charge is 0.477 e. The molecule has 24 heavy (non-hydrogen) atoms. The summed E-state index contributed by atoms with van der Waals surface area (Å²) in [7, 11) is 0. The smallest absolute Gasteiger partial charge is 0.343 e. The Morgan fingerprint density at radius 2 is 1.25 bits per heavy atom. The van der Waals surface area contributed by atoms with Crippen LogP contribution in [0.5, 0.6) is 0 Å². The van der Waals surface area contributed by atoms with Crippen LogP contribution >= 0.6 is 31.9 Å². The van der Waals surface area contributed by atoms with Gasteiger partial charge in [-0.3, -0.25) is 0 Å². The molecule has 2 aromatic carbocycles. The van der Waals surface area contributed by atoms with Gasteiger partial charge in [0, 0.05) is 10.4 Å². The lowest BCUT2D eigenvalue weighted by Gasteiger charge is -2.19. The van der Waals surface area contributed by atoms with E-state index in [0.717, 1.165) is 24.0 Å². The summed E-state index contributed by atoms with van der Waals surface area (Å²) in [6.07, 6.45) is 1.96. The van der Waals surface area contributed by atoms with Crippen molar-refractivity contribution in [3.8, 4) is 0 Å². The summed E-state index contributed by atoms with van der Waals surface area (Å²) in [4.78, 5) is 11.4. The molecule has 4 heteroatoms. The molecule has 0 spiro atoms. The van der Waals surface area contributed by atoms with E-state index < -0.39 is 5.97 Å². The number of aryl methyl sites for hydroxylation is 2. The number of carbonyl (C=O) groups is 1. The number of aliphatic carboxylic acids is 1. The van der Waals surface area contributed by atoms with Crippen molar-refractivity contribution in [1.29, 1.82) is 0 Å². The Morgan fingerprint density at radius 1 is 0.875 bits per heavy atom. The third-order valence-electron chi connectivity index (χ3n) is 4.09. The molecule has 1 N–H and O–H groups in total. The summed E-state index contributed by atoms with van der Waals surface area (Å²) < 4.78 is 0.759. The van der Waals surface area contributed by atoms with Gasteiger partial charge in [-0.1, -0.05) is 78.3 Å². The fraction of sp³-hybridized carbons (Fsp3) is 0.250. The number of hydrogen-bond donors (Lipinski definition) is 1. The van der Waals surface area contributed by atoms with Gasteiger partial charge in [0.25, 0.3) is 0 Å². The van der Waals surface area contributed by atoms with Crippen LogP contribution in [0.3, 0.4) is 0 Å². The Hall–Kier alpha value is -1.39. The highest BCUT2D eigenvalue weighted by atomic mass is 79.9.